The minimum Gasteiger partial charge on any atom is -0.466 e. The molecule has 0 aliphatic rings. The Kier molecular flexibility index (Phi) is 4.04. The lowest BCUT2D eigenvalue weighted by Gasteiger charge is -2.09. The summed E-state index contributed by atoms with van der Waals surface area (Å²) in [5.74, 6) is -1.12. The molecule has 0 aliphatic carbocycles. The van der Waals surface area contributed by atoms with Crippen LogP contribution in [0.1, 0.15) is 24.2 Å². The molecule has 0 bridgehead atoms. The summed E-state index contributed by atoms with van der Waals surface area (Å²) in [4.78, 5) is 22.1. The number of hydrogen-bond acceptors (Lipinski definition) is 4. The van der Waals surface area contributed by atoms with Gasteiger partial charge in [-0.3, -0.25) is 14.3 Å². The number of esters is 1. The summed E-state index contributed by atoms with van der Waals surface area (Å²) >= 11 is 0. The van der Waals surface area contributed by atoms with Gasteiger partial charge in [-0.05, 0) is 6.92 Å². The van der Waals surface area contributed by atoms with Gasteiger partial charge in [0, 0.05) is 6.20 Å². The number of nitrogens with two attached hydrogens (primary N) is 1. The summed E-state index contributed by atoms with van der Waals surface area (Å²) in [7, 11) is 0. The van der Waals surface area contributed by atoms with Crippen molar-refractivity contribution in [3.8, 4) is 0 Å². The van der Waals surface area contributed by atoms with Crippen LogP contribution in [0.4, 0.5) is 0 Å². The van der Waals surface area contributed by atoms with E-state index in [9.17, 15) is 9.59 Å². The molecule has 1 heterocycles. The first-order valence-electron chi connectivity index (χ1n) is 5.03. The molecule has 0 saturated carbocycles. The van der Waals surface area contributed by atoms with E-state index in [2.05, 4.69) is 5.10 Å². The highest BCUT2D eigenvalue weighted by atomic mass is 16.5. The third-order valence-electron chi connectivity index (χ3n) is 2.07. The smallest absolute Gasteiger partial charge is 0.310 e. The summed E-state index contributed by atoms with van der Waals surface area (Å²) in [6.45, 7) is 4.22. The number of carbonyl (C=O) groups is 2. The molecular weight excluding hydrogens is 210 g/mol. The molecule has 1 aromatic rings. The standard InChI is InChI=1S/C10H15N3O3/c1-3-16-10(15)7(2)5-13-6-8(4-12-13)9(11)14/h4,6-7H,3,5H2,1-2H3,(H2,11,14). The van der Waals surface area contributed by atoms with Crippen LogP contribution in [0.3, 0.4) is 0 Å². The average Bonchev–Trinajstić information content (AvgIpc) is 2.66. The minimum atomic E-state index is -0.532. The fraction of sp³-hybridized carbons (Fsp3) is 0.500. The van der Waals surface area contributed by atoms with E-state index >= 15 is 0 Å². The number of amides is 1. The van der Waals surface area contributed by atoms with Gasteiger partial charge in [0.2, 0.25) is 0 Å². The lowest BCUT2D eigenvalue weighted by Crippen LogP contribution is -2.20. The van der Waals surface area contributed by atoms with E-state index in [-0.39, 0.29) is 11.9 Å². The van der Waals surface area contributed by atoms with E-state index in [1.54, 1.807) is 13.8 Å². The summed E-state index contributed by atoms with van der Waals surface area (Å²) in [6, 6.07) is 0. The highest BCUT2D eigenvalue weighted by Gasteiger charge is 2.15. The largest absolute Gasteiger partial charge is 0.466 e. The van der Waals surface area contributed by atoms with E-state index in [4.69, 9.17) is 10.5 Å². The molecule has 1 rings (SSSR count). The quantitative estimate of drug-likeness (QED) is 0.724. The molecule has 0 aliphatic heterocycles. The minimum absolute atomic E-state index is 0.279. The van der Waals surface area contributed by atoms with E-state index in [1.165, 1.54) is 17.1 Å². The van der Waals surface area contributed by atoms with E-state index in [1.807, 2.05) is 0 Å². The van der Waals surface area contributed by atoms with Crippen molar-refractivity contribution >= 4 is 11.9 Å². The van der Waals surface area contributed by atoms with Crippen LogP contribution in [0.15, 0.2) is 12.4 Å². The number of ether oxygens (including phenoxy) is 1. The van der Waals surface area contributed by atoms with Gasteiger partial charge in [0.25, 0.3) is 5.91 Å². The molecule has 0 radical (unpaired) electrons. The van der Waals surface area contributed by atoms with Gasteiger partial charge in [0.05, 0.1) is 30.8 Å². The Labute approximate surface area is 93.4 Å². The second-order valence-corrected chi connectivity index (χ2v) is 3.47. The van der Waals surface area contributed by atoms with Crippen molar-refractivity contribution in [3.63, 3.8) is 0 Å². The van der Waals surface area contributed by atoms with Gasteiger partial charge in [-0.1, -0.05) is 6.92 Å². The van der Waals surface area contributed by atoms with Crippen LogP contribution in [0.2, 0.25) is 0 Å². The van der Waals surface area contributed by atoms with Crippen LogP contribution in [-0.2, 0) is 16.1 Å². The topological polar surface area (TPSA) is 87.2 Å². The fourth-order valence-corrected chi connectivity index (χ4v) is 1.23. The van der Waals surface area contributed by atoms with Crippen molar-refractivity contribution in [1.82, 2.24) is 9.78 Å². The van der Waals surface area contributed by atoms with Gasteiger partial charge < -0.3 is 10.5 Å². The van der Waals surface area contributed by atoms with Gasteiger partial charge in [-0.2, -0.15) is 5.10 Å². The summed E-state index contributed by atoms with van der Waals surface area (Å²) in [5.41, 5.74) is 5.41. The van der Waals surface area contributed by atoms with Crippen molar-refractivity contribution in [3.05, 3.63) is 18.0 Å². The number of carbonyl (C=O) groups excluding carboxylic acids is 2. The first-order chi connectivity index (χ1) is 7.54. The Morgan fingerprint density at radius 1 is 1.62 bits per heavy atom. The molecular formula is C10H15N3O3. The normalized spacial score (nSPS) is 12.1. The average molecular weight is 225 g/mol. The second kappa shape index (κ2) is 5.29. The zero-order chi connectivity index (χ0) is 12.1. The molecule has 6 nitrogen and oxygen atoms in total. The zero-order valence-electron chi connectivity index (χ0n) is 9.34. The predicted octanol–water partition coefficient (Wildman–Crippen LogP) is 0.181. The van der Waals surface area contributed by atoms with Crippen LogP contribution < -0.4 is 5.73 Å². The van der Waals surface area contributed by atoms with Crippen molar-refractivity contribution in [2.45, 2.75) is 20.4 Å². The molecule has 1 unspecified atom stereocenters. The van der Waals surface area contributed by atoms with E-state index in [0.717, 1.165) is 0 Å². The monoisotopic (exact) mass is 225 g/mol. The van der Waals surface area contributed by atoms with Crippen molar-refractivity contribution in [2.75, 3.05) is 6.61 Å². The molecule has 16 heavy (non-hydrogen) atoms. The van der Waals surface area contributed by atoms with Crippen molar-refractivity contribution in [2.24, 2.45) is 11.7 Å². The molecule has 1 amide bonds. The molecule has 6 heteroatoms. The molecule has 0 spiro atoms. The van der Waals surface area contributed by atoms with Crippen LogP contribution in [-0.4, -0.2) is 28.3 Å². The van der Waals surface area contributed by atoms with Gasteiger partial charge in [-0.15, -0.1) is 0 Å². The van der Waals surface area contributed by atoms with Crippen LogP contribution in [0.5, 0.6) is 0 Å². The lowest BCUT2D eigenvalue weighted by atomic mass is 10.2. The third kappa shape index (κ3) is 3.08. The van der Waals surface area contributed by atoms with Gasteiger partial charge in [0.1, 0.15) is 0 Å². The van der Waals surface area contributed by atoms with Crippen LogP contribution in [0.25, 0.3) is 0 Å². The summed E-state index contributed by atoms with van der Waals surface area (Å²) < 4.78 is 6.36. The van der Waals surface area contributed by atoms with E-state index in [0.29, 0.717) is 18.7 Å². The van der Waals surface area contributed by atoms with Gasteiger partial charge in [0.15, 0.2) is 0 Å². The number of rotatable bonds is 5. The SMILES string of the molecule is CCOC(=O)C(C)Cn1cc(C(N)=O)cn1. The Morgan fingerprint density at radius 3 is 2.81 bits per heavy atom. The number of hydrogen-bond donors (Lipinski definition) is 1. The maximum Gasteiger partial charge on any atom is 0.310 e. The molecule has 1 aromatic heterocycles. The molecule has 2 N–H and O–H groups in total. The highest BCUT2D eigenvalue weighted by molar-refractivity contribution is 5.92. The Bertz CT molecular complexity index is 386. The van der Waals surface area contributed by atoms with Crippen LogP contribution >= 0.6 is 0 Å². The zero-order valence-corrected chi connectivity index (χ0v) is 9.34. The maximum absolute atomic E-state index is 11.3. The highest BCUT2D eigenvalue weighted by Crippen LogP contribution is 2.04. The molecule has 0 fully saturated rings. The number of nitrogens with zero attached hydrogens (tertiary/aromatic N) is 2. The van der Waals surface area contributed by atoms with Crippen LogP contribution in [0, 0.1) is 5.92 Å². The lowest BCUT2D eigenvalue weighted by molar-refractivity contribution is -0.147. The molecule has 0 saturated heterocycles. The fourth-order valence-electron chi connectivity index (χ4n) is 1.23. The molecule has 88 valence electrons. The third-order valence-corrected chi connectivity index (χ3v) is 2.07. The first-order valence-corrected chi connectivity index (χ1v) is 5.03. The number of aromatic nitrogens is 2. The second-order valence-electron chi connectivity index (χ2n) is 3.47. The maximum atomic E-state index is 11.3. The summed E-state index contributed by atoms with van der Waals surface area (Å²) in [5, 5.41) is 3.93. The van der Waals surface area contributed by atoms with Crippen molar-refractivity contribution < 1.29 is 14.3 Å². The Morgan fingerprint density at radius 2 is 2.31 bits per heavy atom. The number of primary amides is 1. The molecule has 1 atom stereocenters. The summed E-state index contributed by atoms with van der Waals surface area (Å²) in [6.07, 6.45) is 2.89. The predicted molar refractivity (Wildman–Crippen MR) is 56.5 cm³/mol. The first kappa shape index (κ1) is 12.2. The van der Waals surface area contributed by atoms with Gasteiger partial charge >= 0.3 is 5.97 Å². The Hall–Kier alpha value is -1.85. The molecule has 0 aromatic carbocycles. The Balaban J connectivity index is 2.59. The van der Waals surface area contributed by atoms with E-state index < -0.39 is 5.91 Å². The van der Waals surface area contributed by atoms with Gasteiger partial charge in [-0.25, -0.2) is 0 Å². The van der Waals surface area contributed by atoms with Crippen molar-refractivity contribution in [1.29, 1.82) is 0 Å².